The lowest BCUT2D eigenvalue weighted by atomic mass is 10.0. The van der Waals surface area contributed by atoms with Gasteiger partial charge in [0.05, 0.1) is 80.4 Å². The van der Waals surface area contributed by atoms with E-state index < -0.39 is 0 Å². The molecule has 26 aromatic rings. The van der Waals surface area contributed by atoms with Crippen molar-refractivity contribution in [3.8, 4) is 89.8 Å². The molecule has 0 bridgehead atoms. The Hall–Kier alpha value is -18.3. The molecule has 132 heavy (non-hydrogen) atoms. The minimum Gasteiger partial charge on any atom is -0.311 e. The van der Waals surface area contributed by atoms with E-state index in [1.807, 2.05) is 36.4 Å². The summed E-state index contributed by atoms with van der Waals surface area (Å²) >= 11 is 0. The van der Waals surface area contributed by atoms with Crippen molar-refractivity contribution in [3.63, 3.8) is 0 Å². The lowest BCUT2D eigenvalue weighted by Gasteiger charge is -2.11. The third-order valence-electron chi connectivity index (χ3n) is 26.2. The van der Waals surface area contributed by atoms with E-state index in [1.165, 1.54) is 127 Å². The van der Waals surface area contributed by atoms with Gasteiger partial charge in [0.2, 0.25) is 0 Å². The van der Waals surface area contributed by atoms with E-state index in [2.05, 4.69) is 473 Å². The van der Waals surface area contributed by atoms with Crippen LogP contribution in [0.3, 0.4) is 0 Å². The molecule has 0 aliphatic rings. The Morgan fingerprint density at radius 3 is 0.674 bits per heavy atom. The first kappa shape index (κ1) is 77.3. The van der Waals surface area contributed by atoms with E-state index in [9.17, 15) is 0 Å². The summed E-state index contributed by atoms with van der Waals surface area (Å²) in [6.45, 7) is 22.5. The van der Waals surface area contributed by atoms with E-state index in [0.717, 1.165) is 94.0 Å². The molecule has 26 rings (SSSR count). The zero-order valence-electron chi connectivity index (χ0n) is 71.5. The molecular weight excluding hydrogens is 1600 g/mol. The maximum atomic E-state index is 7.57. The Morgan fingerprint density at radius 1 is 0.121 bits per heavy atom. The number of para-hydroxylation sites is 7. The molecule has 0 saturated carbocycles. The number of hydrogen-bond donors (Lipinski definition) is 0. The van der Waals surface area contributed by atoms with Crippen LogP contribution in [0.25, 0.3) is 235 Å². The molecule has 0 spiro atoms. The fourth-order valence-corrected chi connectivity index (χ4v) is 20.1. The van der Waals surface area contributed by atoms with Gasteiger partial charge in [-0.2, -0.15) is 0 Å². The maximum Gasteiger partial charge on any atom is 0.189 e. The molecule has 20 aromatic carbocycles. The van der Waals surface area contributed by atoms with E-state index in [4.69, 9.17) is 19.7 Å². The van der Waals surface area contributed by atoms with E-state index >= 15 is 0 Å². The smallest absolute Gasteiger partial charge is 0.189 e. The monoisotopic (exact) mass is 1680 g/mol. The van der Waals surface area contributed by atoms with Gasteiger partial charge in [-0.3, -0.25) is 0 Å². The predicted molar refractivity (Wildman–Crippen MR) is 551 cm³/mol. The van der Waals surface area contributed by atoms with Gasteiger partial charge in [-0.15, -0.1) is 0 Å². The molecular formula is C123H77N9. The minimum atomic E-state index is 0.646. The van der Waals surface area contributed by atoms with Crippen molar-refractivity contribution in [1.29, 1.82) is 0 Å². The third-order valence-corrected chi connectivity index (χ3v) is 26.2. The van der Waals surface area contributed by atoms with Gasteiger partial charge in [0, 0.05) is 93.5 Å². The highest BCUT2D eigenvalue weighted by atomic mass is 15.0. The summed E-state index contributed by atoms with van der Waals surface area (Å²) in [7, 11) is 0. The topological polar surface area (TPSA) is 42.7 Å². The van der Waals surface area contributed by atoms with Crippen LogP contribution in [0.15, 0.2) is 467 Å². The van der Waals surface area contributed by atoms with Crippen LogP contribution in [-0.2, 0) is 0 Å². The molecule has 0 saturated heterocycles. The van der Waals surface area contributed by atoms with Crippen LogP contribution in [0, 0.1) is 19.7 Å². The van der Waals surface area contributed by atoms with Crippen molar-refractivity contribution in [2.24, 2.45) is 0 Å². The fourth-order valence-electron chi connectivity index (χ4n) is 20.1. The first-order valence-electron chi connectivity index (χ1n) is 44.3. The Kier molecular flexibility index (Phi) is 18.9. The van der Waals surface area contributed by atoms with Crippen molar-refractivity contribution < 1.29 is 0 Å². The van der Waals surface area contributed by atoms with E-state index in [0.29, 0.717) is 17.1 Å². The van der Waals surface area contributed by atoms with Gasteiger partial charge in [-0.1, -0.05) is 291 Å². The SMILES string of the molecule is [C-]#[N+]c1ccc2c(c1)c1ccccc1n2-c1ccc(-c2ccc3c(c2)c2ccccc2n3-c2ccc(-c3ccccc3)cc2)cc1.[C-]#[N+]c1ccc2c(c1)c1ccccc1n2-c1ccc(-c2ccc3c(c2)c2ccccc2n3-c2ccccc2)cc1.[C-]#[N+]c1ccc2c3ccccc3n(-c3ccc(-c4ccc5c(c4)c4ccccc4n5-c4cccc(-c5ccccc5)c4)cc3)c2c1. The van der Waals surface area contributed by atoms with Gasteiger partial charge in [-0.25, -0.2) is 14.5 Å². The summed E-state index contributed by atoms with van der Waals surface area (Å²) in [6.07, 6.45) is 0. The molecule has 0 radical (unpaired) electrons. The second-order valence-corrected chi connectivity index (χ2v) is 33.6. The van der Waals surface area contributed by atoms with E-state index in [1.54, 1.807) is 0 Å². The van der Waals surface area contributed by atoms with Crippen LogP contribution in [-0.4, -0.2) is 27.4 Å². The molecule has 0 amide bonds. The van der Waals surface area contributed by atoms with Crippen LogP contribution in [0.5, 0.6) is 0 Å². The predicted octanol–water partition coefficient (Wildman–Crippen LogP) is 33.6. The van der Waals surface area contributed by atoms with Crippen molar-refractivity contribution in [2.75, 3.05) is 0 Å². The lowest BCUT2D eigenvalue weighted by molar-refractivity contribution is 1.18. The highest BCUT2D eigenvalue weighted by molar-refractivity contribution is 6.16. The first-order chi connectivity index (χ1) is 65.3. The Bertz CT molecular complexity index is 9200. The van der Waals surface area contributed by atoms with Gasteiger partial charge in [0.1, 0.15) is 0 Å². The van der Waals surface area contributed by atoms with Gasteiger partial charge >= 0.3 is 0 Å². The number of aromatic nitrogens is 6. The lowest BCUT2D eigenvalue weighted by Crippen LogP contribution is -1.94. The Balaban J connectivity index is 0.000000110. The van der Waals surface area contributed by atoms with Crippen molar-refractivity contribution in [1.82, 2.24) is 27.4 Å². The molecule has 0 aliphatic heterocycles. The molecule has 9 heteroatoms. The van der Waals surface area contributed by atoms with Crippen molar-refractivity contribution in [3.05, 3.63) is 501 Å². The summed E-state index contributed by atoms with van der Waals surface area (Å²) in [5.74, 6) is 0. The van der Waals surface area contributed by atoms with Crippen LogP contribution in [0.2, 0.25) is 0 Å². The zero-order chi connectivity index (χ0) is 87.9. The first-order valence-corrected chi connectivity index (χ1v) is 44.3. The highest BCUT2D eigenvalue weighted by Crippen LogP contribution is 2.44. The number of nitrogens with zero attached hydrogens (tertiary/aromatic N) is 9. The molecule has 6 heterocycles. The quantitative estimate of drug-likeness (QED) is 0.116. The molecule has 0 fully saturated rings. The number of hydrogen-bond acceptors (Lipinski definition) is 0. The number of fused-ring (bicyclic) bond motifs is 18. The molecule has 0 aliphatic carbocycles. The average Bonchev–Trinajstić information content (AvgIpc) is 1.63. The summed E-state index contributed by atoms with van der Waals surface area (Å²) in [5.41, 5.74) is 34.5. The van der Waals surface area contributed by atoms with Crippen molar-refractivity contribution in [2.45, 2.75) is 0 Å². The fraction of sp³-hybridized carbons (Fsp3) is 0. The third kappa shape index (κ3) is 13.2. The molecule has 0 atom stereocenters. The van der Waals surface area contributed by atoms with E-state index in [-0.39, 0.29) is 0 Å². The van der Waals surface area contributed by atoms with Crippen LogP contribution in [0.1, 0.15) is 0 Å². The number of rotatable bonds is 11. The largest absolute Gasteiger partial charge is 0.311 e. The standard InChI is InChI=1S/2C43H27N3.C37H23N3/c1-44-33-21-24-38-36-14-5-7-16-40(36)45(43(38)28-33)34-22-18-30(19-23-34)32-20-25-42-39(27-32)37-15-6-8-17-41(37)46(42)35-13-9-12-31(26-35)29-10-3-2-4-11-29;1-44-33-20-26-43-39(28-33)37-12-6-8-14-41(37)46(43)35-23-17-31(18-24-35)32-19-25-42-38(27-32)36-11-5-7-13-40(36)45(42)34-21-15-30(16-22-34)29-9-3-2-4-10-29;1-38-27-18-22-37-33(24-27)31-12-6-8-14-35(31)40(37)29-19-15-25(16-20-29)26-17-21-36-32(23-26)30-11-5-7-13-34(30)39(36)28-9-3-2-4-10-28/h2*2-28H;2-24H. The summed E-state index contributed by atoms with van der Waals surface area (Å²) in [6, 6.07) is 165. The Morgan fingerprint density at radius 2 is 0.326 bits per heavy atom. The second-order valence-electron chi connectivity index (χ2n) is 33.6. The van der Waals surface area contributed by atoms with Gasteiger partial charge in [-0.05, 0) is 242 Å². The molecule has 6 aromatic heterocycles. The molecule has 614 valence electrons. The zero-order valence-corrected chi connectivity index (χ0v) is 71.5. The molecule has 9 nitrogen and oxygen atoms in total. The minimum absolute atomic E-state index is 0.646. The van der Waals surface area contributed by atoms with Crippen LogP contribution >= 0.6 is 0 Å². The van der Waals surface area contributed by atoms with Crippen LogP contribution in [0.4, 0.5) is 17.1 Å². The van der Waals surface area contributed by atoms with Crippen molar-refractivity contribution >= 4 is 148 Å². The molecule has 0 N–H and O–H groups in total. The normalized spacial score (nSPS) is 11.5. The summed E-state index contributed by atoms with van der Waals surface area (Å²) in [5, 5.41) is 14.3. The molecule has 0 unspecified atom stereocenters. The summed E-state index contributed by atoms with van der Waals surface area (Å²) in [4.78, 5) is 11.0. The Labute approximate surface area is 761 Å². The number of benzene rings is 20. The van der Waals surface area contributed by atoms with Gasteiger partial charge in [0.15, 0.2) is 17.1 Å². The van der Waals surface area contributed by atoms with Gasteiger partial charge < -0.3 is 27.4 Å². The van der Waals surface area contributed by atoms with Crippen LogP contribution < -0.4 is 0 Å². The maximum absolute atomic E-state index is 7.57. The highest BCUT2D eigenvalue weighted by Gasteiger charge is 2.22. The summed E-state index contributed by atoms with van der Waals surface area (Å²) < 4.78 is 13.9. The average molecular weight is 1680 g/mol. The van der Waals surface area contributed by atoms with Gasteiger partial charge in [0.25, 0.3) is 0 Å². The second kappa shape index (κ2) is 32.3.